The average Bonchev–Trinajstić information content (AvgIpc) is 3.01. The minimum atomic E-state index is -4.86. The maximum absolute atomic E-state index is 13.4. The molecular weight excluding hydrogens is 409 g/mol. The predicted octanol–water partition coefficient (Wildman–Crippen LogP) is 3.52. The van der Waals surface area contributed by atoms with E-state index < -0.39 is 27.3 Å². The number of aromatic nitrogens is 3. The number of alkyl halides is 3. The molecule has 1 aliphatic carbocycles. The van der Waals surface area contributed by atoms with Crippen LogP contribution in [0.1, 0.15) is 43.9 Å². The molecule has 0 bridgehead atoms. The number of halogens is 3. The van der Waals surface area contributed by atoms with Gasteiger partial charge < -0.3 is 4.74 Å². The van der Waals surface area contributed by atoms with Gasteiger partial charge >= 0.3 is 6.18 Å². The van der Waals surface area contributed by atoms with Crippen molar-refractivity contribution < 1.29 is 26.3 Å². The van der Waals surface area contributed by atoms with Gasteiger partial charge in [0, 0.05) is 12.5 Å². The molecule has 2 atom stereocenters. The van der Waals surface area contributed by atoms with E-state index in [0.717, 1.165) is 36.4 Å². The Kier molecular flexibility index (Phi) is 5.58. The van der Waals surface area contributed by atoms with Gasteiger partial charge in [0.2, 0.25) is 5.88 Å². The standard InChI is InChI=1S/C18H19F3N4O3S/c1-11-5-3-4-6-14(11)28-17-13(9-22)16(18(19,20)21)24-25(17)15-8-7-12(10-23-15)29(2,26)27/h7-8,10-11,14H,3-6H2,1-2H3. The van der Waals surface area contributed by atoms with E-state index in [4.69, 9.17) is 4.74 Å². The molecule has 156 valence electrons. The number of nitrogens with zero attached hydrogens (tertiary/aromatic N) is 4. The quantitative estimate of drug-likeness (QED) is 0.739. The summed E-state index contributed by atoms with van der Waals surface area (Å²) in [5.74, 6) is -0.311. The fourth-order valence-electron chi connectivity index (χ4n) is 3.28. The van der Waals surface area contributed by atoms with Gasteiger partial charge in [-0.1, -0.05) is 13.3 Å². The molecule has 0 amide bonds. The monoisotopic (exact) mass is 428 g/mol. The van der Waals surface area contributed by atoms with Crippen molar-refractivity contribution in [1.82, 2.24) is 14.8 Å². The first-order valence-corrected chi connectivity index (χ1v) is 10.8. The van der Waals surface area contributed by atoms with Crippen LogP contribution in [-0.2, 0) is 16.0 Å². The van der Waals surface area contributed by atoms with Crippen LogP contribution in [0.15, 0.2) is 23.2 Å². The van der Waals surface area contributed by atoms with Crippen molar-refractivity contribution in [2.24, 2.45) is 5.92 Å². The molecule has 1 fully saturated rings. The number of nitriles is 1. The van der Waals surface area contributed by atoms with Crippen LogP contribution in [-0.4, -0.2) is 35.5 Å². The van der Waals surface area contributed by atoms with Crippen LogP contribution in [0.3, 0.4) is 0 Å². The highest BCUT2D eigenvalue weighted by atomic mass is 32.2. The molecular formula is C18H19F3N4O3S. The Morgan fingerprint density at radius 1 is 1.28 bits per heavy atom. The number of sulfone groups is 1. The molecule has 0 radical (unpaired) electrons. The second kappa shape index (κ2) is 7.67. The highest BCUT2D eigenvalue weighted by molar-refractivity contribution is 7.90. The second-order valence-corrected chi connectivity index (χ2v) is 9.11. The molecule has 0 spiro atoms. The predicted molar refractivity (Wildman–Crippen MR) is 96.2 cm³/mol. The maximum atomic E-state index is 13.4. The molecule has 11 heteroatoms. The van der Waals surface area contributed by atoms with E-state index >= 15 is 0 Å². The van der Waals surface area contributed by atoms with Gasteiger partial charge in [-0.15, -0.1) is 0 Å². The van der Waals surface area contributed by atoms with E-state index in [2.05, 4.69) is 10.1 Å². The molecule has 2 heterocycles. The first kappa shape index (κ1) is 21.1. The fourth-order valence-corrected chi connectivity index (χ4v) is 3.84. The van der Waals surface area contributed by atoms with Crippen LogP contribution in [0.25, 0.3) is 5.82 Å². The third-order valence-corrected chi connectivity index (χ3v) is 5.98. The molecule has 7 nitrogen and oxygen atoms in total. The Morgan fingerprint density at radius 3 is 2.48 bits per heavy atom. The minimum Gasteiger partial charge on any atom is -0.473 e. The van der Waals surface area contributed by atoms with Crippen molar-refractivity contribution in [3.8, 4) is 17.8 Å². The SMILES string of the molecule is CC1CCCCC1Oc1c(C#N)c(C(F)(F)F)nn1-c1ccc(S(C)(=O)=O)cn1. The molecule has 0 N–H and O–H groups in total. The smallest absolute Gasteiger partial charge is 0.436 e. The Balaban J connectivity index is 2.12. The van der Waals surface area contributed by atoms with Crippen LogP contribution in [0.4, 0.5) is 13.2 Å². The number of pyridine rings is 1. The van der Waals surface area contributed by atoms with E-state index in [9.17, 15) is 26.9 Å². The molecule has 2 aromatic rings. The van der Waals surface area contributed by atoms with E-state index in [0.29, 0.717) is 6.42 Å². The van der Waals surface area contributed by atoms with Crippen molar-refractivity contribution in [3.05, 3.63) is 29.6 Å². The molecule has 0 aromatic carbocycles. The van der Waals surface area contributed by atoms with Crippen molar-refractivity contribution in [1.29, 1.82) is 5.26 Å². The van der Waals surface area contributed by atoms with Crippen LogP contribution in [0.2, 0.25) is 0 Å². The first-order valence-electron chi connectivity index (χ1n) is 8.96. The van der Waals surface area contributed by atoms with Gasteiger partial charge in [-0.25, -0.2) is 13.4 Å². The summed E-state index contributed by atoms with van der Waals surface area (Å²) >= 11 is 0. The zero-order valence-electron chi connectivity index (χ0n) is 15.8. The van der Waals surface area contributed by atoms with E-state index in [1.807, 2.05) is 6.92 Å². The molecule has 2 aromatic heterocycles. The van der Waals surface area contributed by atoms with Gasteiger partial charge in [0.05, 0.1) is 4.90 Å². The van der Waals surface area contributed by atoms with Crippen molar-refractivity contribution in [3.63, 3.8) is 0 Å². The largest absolute Gasteiger partial charge is 0.473 e. The Bertz CT molecular complexity index is 1040. The summed E-state index contributed by atoms with van der Waals surface area (Å²) in [6, 6.07) is 3.99. The summed E-state index contributed by atoms with van der Waals surface area (Å²) in [5, 5.41) is 12.9. The summed E-state index contributed by atoms with van der Waals surface area (Å²) in [7, 11) is -3.53. The Morgan fingerprint density at radius 2 is 1.97 bits per heavy atom. The van der Waals surface area contributed by atoms with Crippen LogP contribution >= 0.6 is 0 Å². The van der Waals surface area contributed by atoms with E-state index in [1.54, 1.807) is 6.07 Å². The lowest BCUT2D eigenvalue weighted by Gasteiger charge is -2.29. The average molecular weight is 428 g/mol. The number of rotatable bonds is 4. The molecule has 1 saturated carbocycles. The lowest BCUT2D eigenvalue weighted by atomic mass is 9.88. The van der Waals surface area contributed by atoms with Gasteiger partial charge in [-0.3, -0.25) is 0 Å². The Hall–Kier alpha value is -2.61. The lowest BCUT2D eigenvalue weighted by molar-refractivity contribution is -0.141. The van der Waals surface area contributed by atoms with Crippen molar-refractivity contribution in [2.75, 3.05) is 6.26 Å². The fraction of sp³-hybridized carbons (Fsp3) is 0.500. The lowest BCUT2D eigenvalue weighted by Crippen LogP contribution is -2.29. The summed E-state index contributed by atoms with van der Waals surface area (Å²) in [5.41, 5.74) is -2.09. The summed E-state index contributed by atoms with van der Waals surface area (Å²) < 4.78 is 70.2. The third-order valence-electron chi connectivity index (χ3n) is 4.89. The summed E-state index contributed by atoms with van der Waals surface area (Å²) in [6.45, 7) is 1.94. The van der Waals surface area contributed by atoms with Crippen LogP contribution in [0.5, 0.6) is 5.88 Å². The highest BCUT2D eigenvalue weighted by Crippen LogP contribution is 2.38. The van der Waals surface area contributed by atoms with Crippen LogP contribution in [0, 0.1) is 17.2 Å². The minimum absolute atomic E-state index is 0.0807. The van der Waals surface area contributed by atoms with E-state index in [-0.39, 0.29) is 28.6 Å². The zero-order valence-corrected chi connectivity index (χ0v) is 16.6. The molecule has 3 rings (SSSR count). The van der Waals surface area contributed by atoms with Gasteiger partial charge in [-0.05, 0) is 37.3 Å². The first-order chi connectivity index (χ1) is 13.5. The number of hydrogen-bond donors (Lipinski definition) is 0. The molecule has 2 unspecified atom stereocenters. The van der Waals surface area contributed by atoms with Crippen LogP contribution < -0.4 is 4.74 Å². The third kappa shape index (κ3) is 4.37. The van der Waals surface area contributed by atoms with E-state index in [1.165, 1.54) is 12.1 Å². The summed E-state index contributed by atoms with van der Waals surface area (Å²) in [4.78, 5) is 3.83. The van der Waals surface area contributed by atoms with Gasteiger partial charge in [0.15, 0.2) is 21.3 Å². The zero-order chi connectivity index (χ0) is 21.4. The number of ether oxygens (including phenoxy) is 1. The van der Waals surface area contributed by atoms with Crippen molar-refractivity contribution in [2.45, 2.75) is 49.8 Å². The topological polar surface area (TPSA) is 97.9 Å². The highest BCUT2D eigenvalue weighted by Gasteiger charge is 2.41. The second-order valence-electron chi connectivity index (χ2n) is 7.09. The Labute approximate surface area is 166 Å². The van der Waals surface area contributed by atoms with Gasteiger partial charge in [-0.2, -0.15) is 28.2 Å². The molecule has 0 saturated heterocycles. The molecule has 1 aliphatic rings. The van der Waals surface area contributed by atoms with Gasteiger partial charge in [0.1, 0.15) is 17.7 Å². The normalized spacial score (nSPS) is 20.3. The van der Waals surface area contributed by atoms with Crippen molar-refractivity contribution >= 4 is 9.84 Å². The summed E-state index contributed by atoms with van der Waals surface area (Å²) in [6.07, 6.45) is 0.200. The number of hydrogen-bond acceptors (Lipinski definition) is 6. The molecule has 0 aliphatic heterocycles. The maximum Gasteiger partial charge on any atom is 0.436 e. The molecule has 29 heavy (non-hydrogen) atoms. The van der Waals surface area contributed by atoms with Gasteiger partial charge in [0.25, 0.3) is 0 Å².